The quantitative estimate of drug-likeness (QED) is 0.564. The van der Waals surface area contributed by atoms with E-state index < -0.39 is 11.8 Å². The molecule has 0 bridgehead atoms. The minimum Gasteiger partial charge on any atom is -0.390 e. The Bertz CT molecular complexity index is 1200. The van der Waals surface area contributed by atoms with Crippen LogP contribution in [0.4, 0.5) is 27.8 Å². The molecule has 5 rings (SSSR count). The van der Waals surface area contributed by atoms with Gasteiger partial charge in [0.15, 0.2) is 5.67 Å². The number of aliphatic hydroxyl groups excluding tert-OH is 1. The minimum atomic E-state index is -1.71. The van der Waals surface area contributed by atoms with Crippen molar-refractivity contribution in [2.75, 3.05) is 48.1 Å². The summed E-state index contributed by atoms with van der Waals surface area (Å²) in [7, 11) is 0. The number of ether oxygens (including phenoxy) is 1. The number of rotatable bonds is 5. The molecule has 2 saturated heterocycles. The van der Waals surface area contributed by atoms with E-state index in [0.717, 1.165) is 41.7 Å². The molecule has 2 aliphatic rings. The van der Waals surface area contributed by atoms with E-state index in [1.165, 1.54) is 6.92 Å². The lowest BCUT2D eigenvalue weighted by molar-refractivity contribution is -0.00860. The fraction of sp³-hybridized carbons (Fsp3) is 0.520. The Kier molecular flexibility index (Phi) is 6.41. The predicted molar refractivity (Wildman–Crippen MR) is 134 cm³/mol. The molecule has 0 aliphatic carbocycles. The van der Waals surface area contributed by atoms with E-state index in [-0.39, 0.29) is 6.54 Å². The summed E-state index contributed by atoms with van der Waals surface area (Å²) < 4.78 is 20.3. The molecule has 0 unspecified atom stereocenters. The number of hydrogen-bond donors (Lipinski definition) is 2. The average Bonchev–Trinajstić information content (AvgIpc) is 2.85. The molecular weight excluding hydrogens is 449 g/mol. The summed E-state index contributed by atoms with van der Waals surface area (Å²) in [6.45, 7) is 8.45. The van der Waals surface area contributed by atoms with Crippen molar-refractivity contribution in [3.8, 4) is 0 Å². The summed E-state index contributed by atoms with van der Waals surface area (Å²) in [5.41, 5.74) is -0.562. The van der Waals surface area contributed by atoms with Crippen LogP contribution in [0.5, 0.6) is 0 Å². The number of nitrogens with one attached hydrogen (secondary N) is 1. The van der Waals surface area contributed by atoms with Gasteiger partial charge in [-0.25, -0.2) is 19.3 Å². The first-order valence-electron chi connectivity index (χ1n) is 12.1. The molecule has 3 aromatic heterocycles. The van der Waals surface area contributed by atoms with E-state index >= 15 is 0 Å². The van der Waals surface area contributed by atoms with Crippen LogP contribution in [0.1, 0.15) is 45.1 Å². The van der Waals surface area contributed by atoms with Gasteiger partial charge < -0.3 is 25.0 Å². The maximum Gasteiger partial charge on any atom is 0.227 e. The molecule has 35 heavy (non-hydrogen) atoms. The monoisotopic (exact) mass is 481 g/mol. The Morgan fingerprint density at radius 2 is 2.00 bits per heavy atom. The number of halogens is 1. The van der Waals surface area contributed by atoms with Crippen molar-refractivity contribution >= 4 is 34.2 Å². The molecule has 5 heterocycles. The zero-order valence-corrected chi connectivity index (χ0v) is 20.4. The Morgan fingerprint density at radius 1 is 1.14 bits per heavy atom. The summed E-state index contributed by atoms with van der Waals surface area (Å²) in [6.07, 6.45) is 5.76. The van der Waals surface area contributed by atoms with Crippen LogP contribution >= 0.6 is 0 Å². The smallest absolute Gasteiger partial charge is 0.227 e. The third-order valence-electron chi connectivity index (χ3n) is 6.72. The number of pyridine rings is 2. The van der Waals surface area contributed by atoms with Crippen LogP contribution in [0.15, 0.2) is 30.7 Å². The van der Waals surface area contributed by atoms with Crippen LogP contribution in [0, 0.1) is 0 Å². The van der Waals surface area contributed by atoms with Gasteiger partial charge in [-0.3, -0.25) is 0 Å². The molecule has 10 heteroatoms. The van der Waals surface area contributed by atoms with E-state index in [1.807, 2.05) is 18.5 Å². The van der Waals surface area contributed by atoms with Crippen LogP contribution in [-0.2, 0) is 4.74 Å². The Labute approximate surface area is 204 Å². The summed E-state index contributed by atoms with van der Waals surface area (Å²) in [5, 5.41) is 15.3. The van der Waals surface area contributed by atoms with Gasteiger partial charge in [0.2, 0.25) is 5.95 Å². The molecule has 2 N–H and O–H groups in total. The molecule has 2 fully saturated rings. The van der Waals surface area contributed by atoms with Gasteiger partial charge in [0.1, 0.15) is 24.2 Å². The van der Waals surface area contributed by atoms with Crippen LogP contribution < -0.4 is 15.1 Å². The highest BCUT2D eigenvalue weighted by Crippen LogP contribution is 2.33. The molecule has 2 aliphatic heterocycles. The van der Waals surface area contributed by atoms with Crippen molar-refractivity contribution in [1.82, 2.24) is 19.9 Å². The number of piperidine rings is 1. The molecule has 3 aromatic rings. The first-order chi connectivity index (χ1) is 16.8. The van der Waals surface area contributed by atoms with Gasteiger partial charge >= 0.3 is 0 Å². The van der Waals surface area contributed by atoms with E-state index in [9.17, 15) is 9.50 Å². The Morgan fingerprint density at radius 3 is 2.74 bits per heavy atom. The zero-order chi connectivity index (χ0) is 24.6. The van der Waals surface area contributed by atoms with E-state index in [1.54, 1.807) is 17.2 Å². The van der Waals surface area contributed by atoms with Gasteiger partial charge in [0.25, 0.3) is 0 Å². The summed E-state index contributed by atoms with van der Waals surface area (Å²) >= 11 is 0. The molecule has 9 nitrogen and oxygen atoms in total. The second-order valence-corrected chi connectivity index (χ2v) is 9.83. The fourth-order valence-corrected chi connectivity index (χ4v) is 4.70. The number of aromatic nitrogens is 4. The SMILES string of the molecule is CC(C)c1cnc(N2CCCOC2)c2cnc(Nc3ccnc(N4CC[C@@H](O)[C@@](C)(F)C4)n3)cc12. The number of anilines is 4. The van der Waals surface area contributed by atoms with Crippen molar-refractivity contribution in [1.29, 1.82) is 0 Å². The average molecular weight is 482 g/mol. The van der Waals surface area contributed by atoms with Gasteiger partial charge in [-0.15, -0.1) is 0 Å². The highest BCUT2D eigenvalue weighted by Gasteiger charge is 2.39. The fourth-order valence-electron chi connectivity index (χ4n) is 4.70. The van der Waals surface area contributed by atoms with Crippen LogP contribution in [-0.4, -0.2) is 69.8 Å². The lowest BCUT2D eigenvalue weighted by atomic mass is 9.94. The molecule has 0 amide bonds. The third kappa shape index (κ3) is 4.85. The largest absolute Gasteiger partial charge is 0.390 e. The van der Waals surface area contributed by atoms with Gasteiger partial charge in [0.05, 0.1) is 19.3 Å². The summed E-state index contributed by atoms with van der Waals surface area (Å²) in [4.78, 5) is 22.2. The zero-order valence-electron chi connectivity index (χ0n) is 20.4. The first kappa shape index (κ1) is 23.6. The second-order valence-electron chi connectivity index (χ2n) is 9.83. The molecule has 0 aromatic carbocycles. The number of alkyl halides is 1. The summed E-state index contributed by atoms with van der Waals surface area (Å²) in [5.74, 6) is 2.82. The van der Waals surface area contributed by atoms with E-state index in [0.29, 0.717) is 43.2 Å². The Balaban J connectivity index is 1.44. The van der Waals surface area contributed by atoms with Crippen molar-refractivity contribution in [2.24, 2.45) is 0 Å². The maximum atomic E-state index is 14.7. The van der Waals surface area contributed by atoms with Crippen LogP contribution in [0.25, 0.3) is 10.8 Å². The molecule has 0 spiro atoms. The van der Waals surface area contributed by atoms with Gasteiger partial charge in [-0.05, 0) is 48.8 Å². The van der Waals surface area contributed by atoms with E-state index in [4.69, 9.17) is 9.72 Å². The number of aliphatic hydroxyl groups is 1. The van der Waals surface area contributed by atoms with Gasteiger partial charge in [-0.1, -0.05) is 13.8 Å². The van der Waals surface area contributed by atoms with Gasteiger partial charge in [0, 0.05) is 37.1 Å². The van der Waals surface area contributed by atoms with Crippen LogP contribution in [0.3, 0.4) is 0 Å². The number of fused-ring (bicyclic) bond motifs is 1. The van der Waals surface area contributed by atoms with Crippen molar-refractivity contribution in [3.63, 3.8) is 0 Å². The van der Waals surface area contributed by atoms with Crippen molar-refractivity contribution in [2.45, 2.75) is 51.3 Å². The number of nitrogens with zero attached hydrogens (tertiary/aromatic N) is 6. The maximum absolute atomic E-state index is 14.7. The lowest BCUT2D eigenvalue weighted by Crippen LogP contribution is -2.52. The predicted octanol–water partition coefficient (Wildman–Crippen LogP) is 3.77. The molecule has 186 valence electrons. The Hall–Kier alpha value is -3.11. The molecular formula is C25H32FN7O2. The van der Waals surface area contributed by atoms with E-state index in [2.05, 4.69) is 39.0 Å². The highest BCUT2D eigenvalue weighted by molar-refractivity contribution is 5.95. The number of hydrogen-bond acceptors (Lipinski definition) is 9. The lowest BCUT2D eigenvalue weighted by Gasteiger charge is -2.38. The minimum absolute atomic E-state index is 0.0413. The van der Waals surface area contributed by atoms with Gasteiger partial charge in [-0.2, -0.15) is 4.98 Å². The summed E-state index contributed by atoms with van der Waals surface area (Å²) in [6, 6.07) is 3.79. The molecule has 0 radical (unpaired) electrons. The van der Waals surface area contributed by atoms with Crippen molar-refractivity contribution < 1.29 is 14.2 Å². The highest BCUT2D eigenvalue weighted by atomic mass is 19.1. The standard InChI is InChI=1S/C25H32FN7O2/c1-16(2)18-12-29-23(33-8-4-10-35-15-33)19-13-28-22(11-17(18)19)30-21-5-7-27-24(31-21)32-9-6-20(34)25(3,26)14-32/h5,7,11-13,16,20,34H,4,6,8-10,14-15H2,1-3H3,(H,27,28,30,31)/t20-,25+/m1/s1. The molecule has 0 saturated carbocycles. The molecule has 2 atom stereocenters. The normalized spacial score (nSPS) is 23.2. The second kappa shape index (κ2) is 9.50. The first-order valence-corrected chi connectivity index (χ1v) is 12.1. The van der Waals surface area contributed by atoms with Crippen molar-refractivity contribution in [3.05, 3.63) is 36.3 Å². The van der Waals surface area contributed by atoms with Crippen LogP contribution in [0.2, 0.25) is 0 Å². The topological polar surface area (TPSA) is 99.5 Å². The third-order valence-corrected chi connectivity index (χ3v) is 6.72.